The van der Waals surface area contributed by atoms with Crippen molar-refractivity contribution in [2.75, 3.05) is 10.2 Å². The fourth-order valence-electron chi connectivity index (χ4n) is 2.80. The maximum Gasteiger partial charge on any atom is 0.335 e. The summed E-state index contributed by atoms with van der Waals surface area (Å²) in [7, 11) is 0. The smallest absolute Gasteiger partial charge is 0.335 e. The van der Waals surface area contributed by atoms with Gasteiger partial charge in [0.15, 0.2) is 0 Å². The number of carbonyl (C=O) groups is 3. The Morgan fingerprint density at radius 2 is 1.69 bits per heavy atom. The number of rotatable bonds is 4. The van der Waals surface area contributed by atoms with Gasteiger partial charge in [-0.05, 0) is 55.3 Å². The summed E-state index contributed by atoms with van der Waals surface area (Å²) in [6.45, 7) is 3.74. The predicted octanol–water partition coefficient (Wildman–Crippen LogP) is 3.44. The summed E-state index contributed by atoms with van der Waals surface area (Å²) in [6, 6.07) is 11.3. The second-order valence-electron chi connectivity index (χ2n) is 5.99. The highest BCUT2D eigenvalue weighted by atomic mass is 35.5. The lowest BCUT2D eigenvalue weighted by Gasteiger charge is -2.16. The third-order valence-electron chi connectivity index (χ3n) is 3.87. The maximum atomic E-state index is 12.8. The number of hydrogen-bond acceptors (Lipinski definition) is 4. The Hall–Kier alpha value is -3.12. The highest BCUT2D eigenvalue weighted by Gasteiger charge is 2.39. The van der Waals surface area contributed by atoms with Crippen LogP contribution in [0.2, 0.25) is 0 Å². The lowest BCUT2D eigenvalue weighted by atomic mass is 10.1. The quantitative estimate of drug-likeness (QED) is 0.805. The second kappa shape index (κ2) is 6.65. The van der Waals surface area contributed by atoms with E-state index < -0.39 is 17.8 Å². The van der Waals surface area contributed by atoms with Gasteiger partial charge in [0.1, 0.15) is 10.7 Å². The Kier molecular flexibility index (Phi) is 4.52. The number of aryl methyl sites for hydroxylation is 2. The molecule has 0 aliphatic carbocycles. The van der Waals surface area contributed by atoms with E-state index in [1.165, 1.54) is 18.2 Å². The van der Waals surface area contributed by atoms with Gasteiger partial charge in [0, 0.05) is 5.69 Å². The van der Waals surface area contributed by atoms with Gasteiger partial charge in [0.05, 0.1) is 11.3 Å². The maximum absolute atomic E-state index is 12.8. The number of amides is 2. The molecule has 0 fully saturated rings. The molecule has 0 spiro atoms. The summed E-state index contributed by atoms with van der Waals surface area (Å²) in [4.78, 5) is 37.3. The number of anilines is 2. The van der Waals surface area contributed by atoms with Crippen LogP contribution in [-0.2, 0) is 9.59 Å². The van der Waals surface area contributed by atoms with E-state index in [-0.39, 0.29) is 16.3 Å². The second-order valence-corrected chi connectivity index (χ2v) is 6.37. The van der Waals surface area contributed by atoms with Crippen LogP contribution >= 0.6 is 11.6 Å². The molecule has 3 rings (SSSR count). The molecule has 7 heteroatoms. The standard InChI is InChI=1S/C19H15ClN2O4/c1-10-6-11(2)8-14(7-10)22-17(23)15(20)16(18(22)24)21-13-5-3-4-12(9-13)19(25)26/h3-9,21H,1-2H3,(H,25,26). The molecule has 0 saturated carbocycles. The predicted molar refractivity (Wildman–Crippen MR) is 98.3 cm³/mol. The van der Waals surface area contributed by atoms with Crippen molar-refractivity contribution in [1.29, 1.82) is 0 Å². The lowest BCUT2D eigenvalue weighted by molar-refractivity contribution is -0.120. The van der Waals surface area contributed by atoms with E-state index in [1.54, 1.807) is 18.2 Å². The van der Waals surface area contributed by atoms with Gasteiger partial charge in [-0.3, -0.25) is 9.59 Å². The van der Waals surface area contributed by atoms with E-state index in [0.29, 0.717) is 11.4 Å². The number of carboxylic acid groups (broad SMARTS) is 1. The fourth-order valence-corrected chi connectivity index (χ4v) is 3.01. The van der Waals surface area contributed by atoms with Gasteiger partial charge in [-0.15, -0.1) is 0 Å². The summed E-state index contributed by atoms with van der Waals surface area (Å²) in [6.07, 6.45) is 0. The molecule has 1 aliphatic heterocycles. The van der Waals surface area contributed by atoms with E-state index in [9.17, 15) is 14.4 Å². The van der Waals surface area contributed by atoms with Gasteiger partial charge in [0.25, 0.3) is 11.8 Å². The fraction of sp³-hybridized carbons (Fsp3) is 0.105. The molecule has 1 heterocycles. The number of carbonyl (C=O) groups excluding carboxylic acids is 2. The first kappa shape index (κ1) is 17.7. The van der Waals surface area contributed by atoms with Crippen LogP contribution < -0.4 is 10.2 Å². The minimum atomic E-state index is -1.10. The largest absolute Gasteiger partial charge is 0.478 e. The van der Waals surface area contributed by atoms with Crippen molar-refractivity contribution in [3.05, 3.63) is 69.9 Å². The molecule has 0 radical (unpaired) electrons. The van der Waals surface area contributed by atoms with Crippen molar-refractivity contribution in [1.82, 2.24) is 0 Å². The molecule has 0 bridgehead atoms. The van der Waals surface area contributed by atoms with Gasteiger partial charge < -0.3 is 10.4 Å². The van der Waals surface area contributed by atoms with E-state index in [4.69, 9.17) is 16.7 Å². The van der Waals surface area contributed by atoms with E-state index >= 15 is 0 Å². The highest BCUT2D eigenvalue weighted by molar-refractivity contribution is 6.53. The molecule has 1 aliphatic rings. The van der Waals surface area contributed by atoms with Crippen LogP contribution in [0.25, 0.3) is 0 Å². The molecular formula is C19H15ClN2O4. The van der Waals surface area contributed by atoms with Crippen molar-refractivity contribution < 1.29 is 19.5 Å². The van der Waals surface area contributed by atoms with Crippen molar-refractivity contribution in [3.8, 4) is 0 Å². The van der Waals surface area contributed by atoms with E-state index in [0.717, 1.165) is 16.0 Å². The number of imide groups is 1. The van der Waals surface area contributed by atoms with Crippen molar-refractivity contribution >= 4 is 40.8 Å². The summed E-state index contributed by atoms with van der Waals surface area (Å²) >= 11 is 6.09. The van der Waals surface area contributed by atoms with Crippen LogP contribution in [0.1, 0.15) is 21.5 Å². The van der Waals surface area contributed by atoms with Crippen LogP contribution in [0.15, 0.2) is 53.2 Å². The minimum absolute atomic E-state index is 0.0506. The average molecular weight is 371 g/mol. The summed E-state index contributed by atoms with van der Waals surface area (Å²) in [5.74, 6) is -2.32. The Labute approximate surface area is 154 Å². The first-order valence-electron chi connectivity index (χ1n) is 7.75. The zero-order chi connectivity index (χ0) is 19.0. The molecule has 132 valence electrons. The number of benzene rings is 2. The van der Waals surface area contributed by atoms with Crippen LogP contribution in [0.5, 0.6) is 0 Å². The van der Waals surface area contributed by atoms with Crippen molar-refractivity contribution in [2.45, 2.75) is 13.8 Å². The van der Waals surface area contributed by atoms with Gasteiger partial charge in [-0.25, -0.2) is 9.69 Å². The van der Waals surface area contributed by atoms with E-state index in [1.807, 2.05) is 19.9 Å². The van der Waals surface area contributed by atoms with Gasteiger partial charge in [-0.1, -0.05) is 23.7 Å². The molecule has 0 aromatic heterocycles. The van der Waals surface area contributed by atoms with Crippen molar-refractivity contribution in [3.63, 3.8) is 0 Å². The summed E-state index contributed by atoms with van der Waals surface area (Å²) < 4.78 is 0. The normalized spacial score (nSPS) is 14.2. The van der Waals surface area contributed by atoms with Crippen LogP contribution in [0.4, 0.5) is 11.4 Å². The number of hydrogen-bond donors (Lipinski definition) is 2. The molecule has 2 aromatic carbocycles. The summed E-state index contributed by atoms with van der Waals surface area (Å²) in [5.41, 5.74) is 2.57. The molecule has 0 saturated heterocycles. The Morgan fingerprint density at radius 3 is 2.31 bits per heavy atom. The van der Waals surface area contributed by atoms with Gasteiger partial charge in [0.2, 0.25) is 0 Å². The molecule has 2 aromatic rings. The first-order valence-corrected chi connectivity index (χ1v) is 8.13. The third-order valence-corrected chi connectivity index (χ3v) is 4.22. The minimum Gasteiger partial charge on any atom is -0.478 e. The van der Waals surface area contributed by atoms with Crippen LogP contribution in [0, 0.1) is 13.8 Å². The van der Waals surface area contributed by atoms with Gasteiger partial charge >= 0.3 is 5.97 Å². The first-order chi connectivity index (χ1) is 12.3. The number of halogens is 1. The number of nitrogens with one attached hydrogen (secondary N) is 1. The molecule has 0 unspecified atom stereocenters. The zero-order valence-electron chi connectivity index (χ0n) is 14.0. The number of nitrogens with zero attached hydrogens (tertiary/aromatic N) is 1. The SMILES string of the molecule is Cc1cc(C)cc(N2C(=O)C(Cl)=C(Nc3cccc(C(=O)O)c3)C2=O)c1. The molecule has 26 heavy (non-hydrogen) atoms. The number of carboxylic acids is 1. The monoisotopic (exact) mass is 370 g/mol. The summed E-state index contributed by atoms with van der Waals surface area (Å²) in [5, 5.41) is 11.6. The topological polar surface area (TPSA) is 86.7 Å². The average Bonchev–Trinajstić information content (AvgIpc) is 2.78. The lowest BCUT2D eigenvalue weighted by Crippen LogP contribution is -2.32. The van der Waals surface area contributed by atoms with Gasteiger partial charge in [-0.2, -0.15) is 0 Å². The molecule has 0 atom stereocenters. The van der Waals surface area contributed by atoms with Crippen molar-refractivity contribution in [2.24, 2.45) is 0 Å². The zero-order valence-corrected chi connectivity index (χ0v) is 14.8. The molecule has 6 nitrogen and oxygen atoms in total. The Morgan fingerprint density at radius 1 is 1.04 bits per heavy atom. The van der Waals surface area contributed by atoms with E-state index in [2.05, 4.69) is 5.32 Å². The molecule has 2 N–H and O–H groups in total. The highest BCUT2D eigenvalue weighted by Crippen LogP contribution is 2.31. The van der Waals surface area contributed by atoms with Crippen LogP contribution in [-0.4, -0.2) is 22.9 Å². The Bertz CT molecular complexity index is 961. The van der Waals surface area contributed by atoms with Crippen LogP contribution in [0.3, 0.4) is 0 Å². The third kappa shape index (κ3) is 3.19. The molecule has 2 amide bonds. The Balaban J connectivity index is 1.94. The molecular weight excluding hydrogens is 356 g/mol. The number of aromatic carboxylic acids is 1.